The van der Waals surface area contributed by atoms with E-state index in [4.69, 9.17) is 10.2 Å². The smallest absolute Gasteiger partial charge is 0.339 e. The van der Waals surface area contributed by atoms with Gasteiger partial charge in [0.25, 0.3) is 0 Å². The number of hydrogen-bond acceptors (Lipinski definition) is 8. The van der Waals surface area contributed by atoms with Crippen molar-refractivity contribution in [2.75, 3.05) is 0 Å². The van der Waals surface area contributed by atoms with E-state index in [2.05, 4.69) is 10.2 Å². The predicted octanol–water partition coefficient (Wildman–Crippen LogP) is 4.01. The van der Waals surface area contributed by atoms with Gasteiger partial charge in [-0.3, -0.25) is 0 Å². The number of carboxylic acids is 1. The molecule has 0 aliphatic rings. The topological polar surface area (TPSA) is 163 Å². The van der Waals surface area contributed by atoms with Crippen molar-refractivity contribution in [1.82, 2.24) is 0 Å². The molecule has 0 saturated carbocycles. The zero-order valence-electron chi connectivity index (χ0n) is 14.3. The summed E-state index contributed by atoms with van der Waals surface area (Å²) in [5.74, 6) is -1.76. The Hall–Kier alpha value is -4.27. The lowest BCUT2D eigenvalue weighted by molar-refractivity contribution is 0.0693. The van der Waals surface area contributed by atoms with E-state index in [0.29, 0.717) is 0 Å². The highest BCUT2D eigenvalue weighted by atomic mass is 16.4. The first-order valence-electron chi connectivity index (χ1n) is 7.75. The Morgan fingerprint density at radius 2 is 1.11 bits per heavy atom. The highest BCUT2D eigenvalue weighted by Crippen LogP contribution is 2.34. The molecular formula is C19H16N2O7. The first-order valence-corrected chi connectivity index (χ1v) is 7.75. The average Bonchev–Trinajstić information content (AvgIpc) is 2.65. The maximum atomic E-state index is 10.3. The summed E-state index contributed by atoms with van der Waals surface area (Å²) in [6, 6.07) is 13.4. The number of azo groups is 1. The number of para-hydroxylation sites is 1. The van der Waals surface area contributed by atoms with Crippen molar-refractivity contribution in [1.29, 1.82) is 0 Å². The van der Waals surface area contributed by atoms with Gasteiger partial charge < -0.3 is 30.6 Å². The van der Waals surface area contributed by atoms with Gasteiger partial charge in [-0.1, -0.05) is 12.1 Å². The first kappa shape index (κ1) is 20.0. The lowest BCUT2D eigenvalue weighted by Crippen LogP contribution is -1.95. The van der Waals surface area contributed by atoms with Crippen LogP contribution in [0.1, 0.15) is 10.4 Å². The van der Waals surface area contributed by atoms with E-state index >= 15 is 0 Å². The highest BCUT2D eigenvalue weighted by Gasteiger charge is 2.06. The minimum Gasteiger partial charge on any atom is -0.508 e. The molecule has 3 aromatic rings. The van der Waals surface area contributed by atoms with Gasteiger partial charge in [-0.25, -0.2) is 4.79 Å². The second-order valence-corrected chi connectivity index (χ2v) is 5.37. The van der Waals surface area contributed by atoms with Crippen molar-refractivity contribution in [2.45, 2.75) is 0 Å². The van der Waals surface area contributed by atoms with Crippen molar-refractivity contribution in [3.63, 3.8) is 0 Å². The second kappa shape index (κ2) is 8.90. The Kier molecular flexibility index (Phi) is 6.37. The monoisotopic (exact) mass is 384 g/mol. The van der Waals surface area contributed by atoms with Crippen LogP contribution in [0.2, 0.25) is 0 Å². The molecular weight excluding hydrogens is 368 g/mol. The normalized spacial score (nSPS) is 10.3. The summed E-state index contributed by atoms with van der Waals surface area (Å²) in [5, 5.41) is 62.1. The van der Waals surface area contributed by atoms with E-state index in [9.17, 15) is 25.2 Å². The molecule has 0 heterocycles. The molecule has 0 atom stereocenters. The lowest BCUT2D eigenvalue weighted by atomic mass is 10.2. The number of phenols is 5. The van der Waals surface area contributed by atoms with Crippen molar-refractivity contribution in [3.05, 3.63) is 66.2 Å². The van der Waals surface area contributed by atoms with E-state index in [-0.39, 0.29) is 45.7 Å². The van der Waals surface area contributed by atoms with Crippen molar-refractivity contribution in [3.8, 4) is 28.7 Å². The number of rotatable bonds is 3. The van der Waals surface area contributed by atoms with E-state index in [0.717, 1.165) is 0 Å². The van der Waals surface area contributed by atoms with Crippen LogP contribution < -0.4 is 0 Å². The molecule has 0 aliphatic carbocycles. The second-order valence-electron chi connectivity index (χ2n) is 5.37. The van der Waals surface area contributed by atoms with Crippen LogP contribution in [0, 0.1) is 0 Å². The largest absolute Gasteiger partial charge is 0.508 e. The molecule has 3 rings (SSSR count). The summed E-state index contributed by atoms with van der Waals surface area (Å²) in [5.41, 5.74) is 0.0398. The number of hydrogen-bond donors (Lipinski definition) is 6. The third-order valence-corrected chi connectivity index (χ3v) is 3.32. The van der Waals surface area contributed by atoms with Crippen molar-refractivity contribution in [2.24, 2.45) is 10.2 Å². The number of aromatic carboxylic acids is 1. The number of phenolic OH excluding ortho intramolecular Hbond substituents is 4. The van der Waals surface area contributed by atoms with E-state index in [1.165, 1.54) is 48.5 Å². The molecule has 0 fully saturated rings. The fraction of sp³-hybridized carbons (Fsp3) is 0. The molecule has 0 spiro atoms. The lowest BCUT2D eigenvalue weighted by Gasteiger charge is -2.00. The molecule has 0 aromatic heterocycles. The number of aromatic hydroxyl groups is 5. The molecule has 28 heavy (non-hydrogen) atoms. The van der Waals surface area contributed by atoms with Crippen LogP contribution in [0.3, 0.4) is 0 Å². The zero-order valence-corrected chi connectivity index (χ0v) is 14.3. The number of carboxylic acid groups (broad SMARTS) is 1. The number of benzene rings is 3. The standard InChI is InChI=1S/C12H10N2O4.C7H6O3/c15-7-1-3-11(17)9(5-7)13-14-10-6-8(16)2-4-12(10)18;8-6-4-2-1-3-5(6)7(9)10/h1-6,15-18H;1-4,8H,(H,9,10). The summed E-state index contributed by atoms with van der Waals surface area (Å²) in [7, 11) is 0. The van der Waals surface area contributed by atoms with Gasteiger partial charge in [0.2, 0.25) is 0 Å². The Morgan fingerprint density at radius 1 is 0.643 bits per heavy atom. The summed E-state index contributed by atoms with van der Waals surface area (Å²) in [6.45, 7) is 0. The fourth-order valence-corrected chi connectivity index (χ4v) is 1.95. The fourth-order valence-electron chi connectivity index (χ4n) is 1.95. The van der Waals surface area contributed by atoms with Crippen LogP contribution in [0.15, 0.2) is 70.9 Å². The summed E-state index contributed by atoms with van der Waals surface area (Å²) >= 11 is 0. The summed E-state index contributed by atoms with van der Waals surface area (Å²) in [6.07, 6.45) is 0. The molecule has 0 aliphatic heterocycles. The summed E-state index contributed by atoms with van der Waals surface area (Å²) in [4.78, 5) is 10.3. The SMILES string of the molecule is O=C(O)c1ccccc1O.Oc1ccc(O)c(N=Nc2cc(O)ccc2O)c1. The van der Waals surface area contributed by atoms with Gasteiger partial charge in [0, 0.05) is 12.1 Å². The molecule has 0 amide bonds. The van der Waals surface area contributed by atoms with Crippen molar-refractivity contribution < 1.29 is 35.4 Å². The van der Waals surface area contributed by atoms with Gasteiger partial charge in [-0.05, 0) is 36.4 Å². The van der Waals surface area contributed by atoms with Crippen LogP contribution in [-0.4, -0.2) is 36.6 Å². The summed E-state index contributed by atoms with van der Waals surface area (Å²) < 4.78 is 0. The zero-order chi connectivity index (χ0) is 20.7. The van der Waals surface area contributed by atoms with Gasteiger partial charge in [-0.2, -0.15) is 0 Å². The predicted molar refractivity (Wildman–Crippen MR) is 98.8 cm³/mol. The molecule has 0 unspecified atom stereocenters. The van der Waals surface area contributed by atoms with E-state index < -0.39 is 5.97 Å². The number of carbonyl (C=O) groups is 1. The average molecular weight is 384 g/mol. The minimum absolute atomic E-state index is 0.0535. The van der Waals surface area contributed by atoms with E-state index in [1.807, 2.05) is 0 Å². The molecule has 9 nitrogen and oxygen atoms in total. The third kappa shape index (κ3) is 5.36. The van der Waals surface area contributed by atoms with Gasteiger partial charge in [0.05, 0.1) is 0 Å². The molecule has 6 N–H and O–H groups in total. The third-order valence-electron chi connectivity index (χ3n) is 3.32. The first-order chi connectivity index (χ1) is 13.3. The van der Waals surface area contributed by atoms with E-state index in [1.54, 1.807) is 12.1 Å². The number of nitrogens with zero attached hydrogens (tertiary/aromatic N) is 2. The Bertz CT molecular complexity index is 965. The van der Waals surface area contributed by atoms with Gasteiger partial charge >= 0.3 is 5.97 Å². The minimum atomic E-state index is -1.11. The van der Waals surface area contributed by atoms with Crippen LogP contribution >= 0.6 is 0 Å². The molecule has 9 heteroatoms. The van der Waals surface area contributed by atoms with Gasteiger partial charge in [-0.15, -0.1) is 10.2 Å². The van der Waals surface area contributed by atoms with Crippen LogP contribution in [0.5, 0.6) is 28.7 Å². The van der Waals surface area contributed by atoms with Crippen molar-refractivity contribution >= 4 is 17.3 Å². The van der Waals surface area contributed by atoms with Crippen LogP contribution in [0.25, 0.3) is 0 Å². The maximum absolute atomic E-state index is 10.3. The Labute approximate surface area is 158 Å². The Balaban J connectivity index is 0.000000237. The molecule has 0 radical (unpaired) electrons. The Morgan fingerprint density at radius 3 is 1.50 bits per heavy atom. The quantitative estimate of drug-likeness (QED) is 0.293. The molecule has 0 bridgehead atoms. The highest BCUT2D eigenvalue weighted by molar-refractivity contribution is 5.90. The van der Waals surface area contributed by atoms with Gasteiger partial charge in [0.1, 0.15) is 45.7 Å². The van der Waals surface area contributed by atoms with Crippen LogP contribution in [-0.2, 0) is 0 Å². The van der Waals surface area contributed by atoms with Gasteiger partial charge in [0.15, 0.2) is 0 Å². The molecule has 3 aromatic carbocycles. The molecule has 144 valence electrons. The maximum Gasteiger partial charge on any atom is 0.339 e. The van der Waals surface area contributed by atoms with Crippen LogP contribution in [0.4, 0.5) is 11.4 Å². The molecule has 0 saturated heterocycles.